The minimum absolute atomic E-state index is 0.0599. The molecule has 1 N–H and O–H groups in total. The summed E-state index contributed by atoms with van der Waals surface area (Å²) in [7, 11) is 0. The Hall–Kier alpha value is -3.97. The van der Waals surface area contributed by atoms with Crippen LogP contribution >= 0.6 is 0 Å². The van der Waals surface area contributed by atoms with E-state index < -0.39 is 127 Å². The second-order valence-electron chi connectivity index (χ2n) is 13.3. The van der Waals surface area contributed by atoms with Gasteiger partial charge < -0.3 is 4.74 Å². The summed E-state index contributed by atoms with van der Waals surface area (Å²) < 4.78 is 210. The third kappa shape index (κ3) is 12.5. The predicted octanol–water partition coefficient (Wildman–Crippen LogP) is 10.1. The Morgan fingerprint density at radius 3 is 1.43 bits per heavy atom. The number of nitrogens with one attached hydrogen (secondary N) is 1. The summed E-state index contributed by atoms with van der Waals surface area (Å²) in [5.41, 5.74) is -4.57. The average molecular weight is 957 g/mol. The molecule has 0 fully saturated rings. The van der Waals surface area contributed by atoms with E-state index in [0.717, 1.165) is 19.1 Å². The van der Waals surface area contributed by atoms with Crippen LogP contribution < -0.4 is 36.0 Å². The van der Waals surface area contributed by atoms with Gasteiger partial charge in [0.15, 0.2) is 0 Å². The standard InChI is InChI=1S/C40H37F14INO2/c1-3-27-30(43)20-26(21-31(27)44)58-39(51,52)36-32(45)14-23(15-33(36)46)55-12-8-4-6-10-38(49,50)11-7-5-9-13-56-24-16-34(47)37(35(48)17-24)40(53,54)57-25-18-28(41)22(2)29(42)19-25/h14-21,56H,3-13H2,1-2H3/q-1. The van der Waals surface area contributed by atoms with E-state index >= 15 is 0 Å². The maximum atomic E-state index is 14.7. The van der Waals surface area contributed by atoms with Gasteiger partial charge in [0.05, 0.1) is 0 Å². The van der Waals surface area contributed by atoms with Crippen LogP contribution in [0, 0.1) is 57.0 Å². The van der Waals surface area contributed by atoms with Crippen LogP contribution in [0.4, 0.5) is 67.2 Å². The second-order valence-corrected chi connectivity index (χ2v) is 16.3. The van der Waals surface area contributed by atoms with Gasteiger partial charge in [0, 0.05) is 23.4 Å². The number of ether oxygens (including phenoxy) is 2. The Morgan fingerprint density at radius 2 is 0.966 bits per heavy atom. The molecular formula is C40H37F14INO2-. The van der Waals surface area contributed by atoms with Crippen LogP contribution in [0.2, 0.25) is 0 Å². The first-order valence-corrected chi connectivity index (χ1v) is 20.5. The van der Waals surface area contributed by atoms with E-state index in [2.05, 4.69) is 14.8 Å². The molecule has 0 bridgehead atoms. The van der Waals surface area contributed by atoms with E-state index in [1.165, 1.54) is 6.92 Å². The van der Waals surface area contributed by atoms with Crippen molar-refractivity contribution in [1.29, 1.82) is 0 Å². The zero-order valence-electron chi connectivity index (χ0n) is 30.9. The fourth-order valence-corrected chi connectivity index (χ4v) is 8.31. The molecule has 0 atom stereocenters. The zero-order valence-corrected chi connectivity index (χ0v) is 33.0. The quantitative estimate of drug-likeness (QED) is 0.0391. The van der Waals surface area contributed by atoms with Crippen LogP contribution in [0.3, 0.4) is 0 Å². The van der Waals surface area contributed by atoms with E-state index in [4.69, 9.17) is 0 Å². The molecule has 0 saturated carbocycles. The van der Waals surface area contributed by atoms with Gasteiger partial charge in [-0.25, -0.2) is 17.6 Å². The molecule has 0 radical (unpaired) electrons. The van der Waals surface area contributed by atoms with Crippen molar-refractivity contribution in [2.45, 2.75) is 89.8 Å². The fraction of sp³-hybridized carbons (Fsp3) is 0.400. The Kier molecular flexibility index (Phi) is 16.0. The Labute approximate surface area is 335 Å². The van der Waals surface area contributed by atoms with E-state index in [-0.39, 0.29) is 47.0 Å². The van der Waals surface area contributed by atoms with Gasteiger partial charge in [-0.05, 0) is 19.1 Å². The number of alkyl halides is 7. The van der Waals surface area contributed by atoms with E-state index in [9.17, 15) is 61.5 Å². The van der Waals surface area contributed by atoms with Gasteiger partial charge in [-0.3, -0.25) is 0 Å². The number of benzene rings is 4. The fourth-order valence-electron chi connectivity index (χ4n) is 5.78. The summed E-state index contributed by atoms with van der Waals surface area (Å²) in [6, 6.07) is 4.44. The molecule has 0 spiro atoms. The van der Waals surface area contributed by atoms with Crippen molar-refractivity contribution in [2.24, 2.45) is 0 Å². The SMILES string of the molecule is CCc1c(F)cc(OC(F)(F)c2c(F)cc([I-]CCCCCC(F)(F)CCCCCNc3cc(F)c(C(F)(F)Oc4cc(F)c(C)c(F)c4)c(F)c3)cc2F)cc1F. The van der Waals surface area contributed by atoms with Gasteiger partial charge in [-0.15, -0.1) is 0 Å². The number of hydrogen-bond donors (Lipinski definition) is 1. The van der Waals surface area contributed by atoms with Crippen LogP contribution in [-0.2, 0) is 18.6 Å². The van der Waals surface area contributed by atoms with Gasteiger partial charge >= 0.3 is 228 Å². The molecule has 4 rings (SSSR count). The van der Waals surface area contributed by atoms with Crippen molar-refractivity contribution < 1.29 is 92.1 Å². The van der Waals surface area contributed by atoms with Crippen LogP contribution in [-0.4, -0.2) is 16.9 Å². The van der Waals surface area contributed by atoms with E-state index in [1.54, 1.807) is 0 Å². The molecule has 0 unspecified atom stereocenters. The monoisotopic (exact) mass is 956 g/mol. The van der Waals surface area contributed by atoms with Crippen LogP contribution in [0.15, 0.2) is 48.5 Å². The molecule has 0 aromatic heterocycles. The van der Waals surface area contributed by atoms with Crippen molar-refractivity contribution in [2.75, 3.05) is 16.3 Å². The van der Waals surface area contributed by atoms with Gasteiger partial charge in [0.25, 0.3) is 0 Å². The van der Waals surface area contributed by atoms with Gasteiger partial charge in [-0.1, -0.05) is 0 Å². The van der Waals surface area contributed by atoms with Crippen molar-refractivity contribution >= 4 is 5.69 Å². The maximum absolute atomic E-state index is 14.7. The molecule has 3 nitrogen and oxygen atoms in total. The van der Waals surface area contributed by atoms with E-state index in [1.807, 2.05) is 0 Å². The summed E-state index contributed by atoms with van der Waals surface area (Å²) in [6.45, 7) is 2.55. The van der Waals surface area contributed by atoms with Crippen LogP contribution in [0.5, 0.6) is 11.5 Å². The molecule has 4 aromatic carbocycles. The van der Waals surface area contributed by atoms with Crippen molar-refractivity contribution in [1.82, 2.24) is 0 Å². The van der Waals surface area contributed by atoms with E-state index in [0.29, 0.717) is 60.1 Å². The van der Waals surface area contributed by atoms with Crippen LogP contribution in [0.25, 0.3) is 0 Å². The average Bonchev–Trinajstić information content (AvgIpc) is 3.08. The zero-order chi connectivity index (χ0) is 43.0. The van der Waals surface area contributed by atoms with Crippen molar-refractivity contribution in [3.05, 3.63) is 121 Å². The predicted molar refractivity (Wildman–Crippen MR) is 183 cm³/mol. The molecule has 320 valence electrons. The summed E-state index contributed by atoms with van der Waals surface area (Å²) in [5, 5.41) is 2.62. The normalized spacial score (nSPS) is 12.3. The third-order valence-corrected chi connectivity index (χ3v) is 11.6. The molecular weight excluding hydrogens is 919 g/mol. The van der Waals surface area contributed by atoms with Crippen LogP contribution in [0.1, 0.15) is 80.5 Å². The summed E-state index contributed by atoms with van der Waals surface area (Å²) in [5.74, 6) is -16.3. The minimum atomic E-state index is -4.64. The molecule has 0 saturated heterocycles. The number of halogens is 15. The molecule has 0 aliphatic rings. The number of hydrogen-bond acceptors (Lipinski definition) is 3. The summed E-state index contributed by atoms with van der Waals surface area (Å²) >= 11 is -1.09. The number of anilines is 1. The summed E-state index contributed by atoms with van der Waals surface area (Å²) in [4.78, 5) is 0. The Balaban J connectivity index is 1.14. The van der Waals surface area contributed by atoms with Gasteiger partial charge in [0.2, 0.25) is 0 Å². The van der Waals surface area contributed by atoms with Crippen molar-refractivity contribution in [3.8, 4) is 11.5 Å². The Bertz CT molecular complexity index is 1950. The number of rotatable bonds is 21. The first-order chi connectivity index (χ1) is 27.1. The first-order valence-electron chi connectivity index (χ1n) is 17.9. The van der Waals surface area contributed by atoms with Crippen molar-refractivity contribution in [3.63, 3.8) is 0 Å². The summed E-state index contributed by atoms with van der Waals surface area (Å²) in [6.07, 6.45) is -8.57. The third-order valence-electron chi connectivity index (χ3n) is 8.82. The Morgan fingerprint density at radius 1 is 0.534 bits per heavy atom. The molecule has 0 amide bonds. The first kappa shape index (κ1) is 46.7. The molecule has 0 heterocycles. The number of unbranched alkanes of at least 4 members (excludes halogenated alkanes) is 4. The molecule has 0 aliphatic heterocycles. The van der Waals surface area contributed by atoms with Gasteiger partial charge in [-0.2, -0.15) is 8.78 Å². The molecule has 58 heavy (non-hydrogen) atoms. The molecule has 4 aromatic rings. The second kappa shape index (κ2) is 19.9. The van der Waals surface area contributed by atoms with Gasteiger partial charge in [0.1, 0.15) is 34.6 Å². The topological polar surface area (TPSA) is 30.5 Å². The molecule has 0 aliphatic carbocycles. The molecule has 18 heteroatoms.